The molecule has 0 unspecified atom stereocenters. The minimum atomic E-state index is -0.994. The summed E-state index contributed by atoms with van der Waals surface area (Å²) in [6.07, 6.45) is -0.497. The molecule has 76 valence electrons. The number of carboxylic acids is 1. The van der Waals surface area contributed by atoms with Crippen LogP contribution in [-0.4, -0.2) is 33.8 Å². The molecule has 0 aromatic carbocycles. The van der Waals surface area contributed by atoms with E-state index in [1.165, 1.54) is 0 Å². The summed E-state index contributed by atoms with van der Waals surface area (Å²) in [5.41, 5.74) is 0. The zero-order valence-electron chi connectivity index (χ0n) is 6.83. The lowest BCUT2D eigenvalue weighted by Gasteiger charge is -2.11. The van der Waals surface area contributed by atoms with Gasteiger partial charge in [-0.3, -0.25) is 9.59 Å². The van der Waals surface area contributed by atoms with Crippen molar-refractivity contribution in [3.63, 3.8) is 0 Å². The first-order valence-electron chi connectivity index (χ1n) is 3.63. The second-order valence-electron chi connectivity index (χ2n) is 2.31. The molecule has 0 spiro atoms. The average molecular weight is 318 g/mol. The van der Waals surface area contributed by atoms with E-state index in [9.17, 15) is 9.59 Å². The van der Waals surface area contributed by atoms with Gasteiger partial charge in [-0.05, 0) is 0 Å². The Kier molecular flexibility index (Phi) is 7.26. The Balaban J connectivity index is 3.66. The number of carbonyl (C=O) groups is 2. The number of rotatable bonds is 6. The zero-order chi connectivity index (χ0) is 10.3. The first-order valence-corrected chi connectivity index (χ1v) is 5.87. The molecule has 6 heteroatoms. The molecular weight excluding hydrogens is 308 g/mol. The van der Waals surface area contributed by atoms with Gasteiger partial charge in [-0.15, -0.1) is 0 Å². The lowest BCUT2D eigenvalue weighted by atomic mass is 10.3. The number of aliphatic carboxylic acids is 1. The third-order valence-corrected chi connectivity index (χ3v) is 2.63. The fourth-order valence-electron chi connectivity index (χ4n) is 0.558. The monoisotopic (exact) mass is 316 g/mol. The van der Waals surface area contributed by atoms with Gasteiger partial charge >= 0.3 is 11.9 Å². The number of esters is 1. The first-order chi connectivity index (χ1) is 6.10. The van der Waals surface area contributed by atoms with E-state index in [-0.39, 0.29) is 18.9 Å². The Morgan fingerprint density at radius 3 is 2.15 bits per heavy atom. The van der Waals surface area contributed by atoms with Crippen molar-refractivity contribution in [3.05, 3.63) is 0 Å². The van der Waals surface area contributed by atoms with Crippen LogP contribution in [0.1, 0.15) is 12.8 Å². The highest BCUT2D eigenvalue weighted by molar-refractivity contribution is 9.09. The Bertz CT molecular complexity index is 179. The highest BCUT2D eigenvalue weighted by Gasteiger charge is 2.12. The molecule has 0 atom stereocenters. The maximum absolute atomic E-state index is 10.9. The summed E-state index contributed by atoms with van der Waals surface area (Å²) in [5, 5.41) is 9.36. The Labute approximate surface area is 92.9 Å². The Morgan fingerprint density at radius 2 is 1.77 bits per heavy atom. The molecule has 0 rings (SSSR count). The molecule has 0 aromatic rings. The zero-order valence-corrected chi connectivity index (χ0v) is 10.0. The largest absolute Gasteiger partial charge is 0.481 e. The Morgan fingerprint density at radius 1 is 1.23 bits per heavy atom. The summed E-state index contributed by atoms with van der Waals surface area (Å²) < 4.78 is 4.90. The number of carboxylic acid groups (broad SMARTS) is 1. The normalized spacial score (nSPS) is 10.1. The fourth-order valence-corrected chi connectivity index (χ4v) is 1.89. The number of carbonyl (C=O) groups excluding carboxylic acids is 1. The molecule has 0 aliphatic carbocycles. The molecule has 0 bridgehead atoms. The van der Waals surface area contributed by atoms with Crippen LogP contribution in [0.15, 0.2) is 0 Å². The first kappa shape index (κ1) is 12.9. The number of halogens is 2. The highest BCUT2D eigenvalue weighted by Crippen LogP contribution is 2.04. The minimum Gasteiger partial charge on any atom is -0.481 e. The van der Waals surface area contributed by atoms with E-state index in [1.54, 1.807) is 0 Å². The van der Waals surface area contributed by atoms with Gasteiger partial charge in [0, 0.05) is 10.7 Å². The topological polar surface area (TPSA) is 63.6 Å². The smallest absolute Gasteiger partial charge is 0.306 e. The lowest BCUT2D eigenvalue weighted by molar-refractivity contribution is -0.150. The van der Waals surface area contributed by atoms with Crippen LogP contribution in [-0.2, 0) is 14.3 Å². The van der Waals surface area contributed by atoms with Crippen molar-refractivity contribution in [1.29, 1.82) is 0 Å². The predicted octanol–water partition coefficient (Wildman–Crippen LogP) is 1.55. The SMILES string of the molecule is O=C(O)CCC(=O)OC(CBr)CBr. The van der Waals surface area contributed by atoms with Gasteiger partial charge in [0.2, 0.25) is 0 Å². The molecule has 0 amide bonds. The molecule has 0 saturated carbocycles. The van der Waals surface area contributed by atoms with E-state index in [0.717, 1.165) is 0 Å². The average Bonchev–Trinajstić information content (AvgIpc) is 2.10. The summed E-state index contributed by atoms with van der Waals surface area (Å²) in [5.74, 6) is -1.47. The van der Waals surface area contributed by atoms with Crippen molar-refractivity contribution in [2.45, 2.75) is 18.9 Å². The van der Waals surface area contributed by atoms with Crippen LogP contribution in [0.25, 0.3) is 0 Å². The van der Waals surface area contributed by atoms with Gasteiger partial charge in [-0.2, -0.15) is 0 Å². The van der Waals surface area contributed by atoms with Gasteiger partial charge in [-0.25, -0.2) is 0 Å². The Hall–Kier alpha value is -0.100. The van der Waals surface area contributed by atoms with Crippen LogP contribution in [0.4, 0.5) is 0 Å². The summed E-state index contributed by atoms with van der Waals surface area (Å²) in [4.78, 5) is 21.1. The van der Waals surface area contributed by atoms with Crippen molar-refractivity contribution in [2.75, 3.05) is 10.7 Å². The van der Waals surface area contributed by atoms with Gasteiger partial charge in [0.15, 0.2) is 0 Å². The van der Waals surface area contributed by atoms with E-state index in [4.69, 9.17) is 9.84 Å². The predicted molar refractivity (Wildman–Crippen MR) is 54.3 cm³/mol. The maximum Gasteiger partial charge on any atom is 0.306 e. The number of hydrogen-bond donors (Lipinski definition) is 1. The fraction of sp³-hybridized carbons (Fsp3) is 0.714. The van der Waals surface area contributed by atoms with E-state index in [2.05, 4.69) is 31.9 Å². The molecule has 13 heavy (non-hydrogen) atoms. The van der Waals surface area contributed by atoms with Crippen LogP contribution in [0.5, 0.6) is 0 Å². The molecular formula is C7H10Br2O4. The van der Waals surface area contributed by atoms with Gasteiger partial charge < -0.3 is 9.84 Å². The van der Waals surface area contributed by atoms with Crippen molar-refractivity contribution in [2.24, 2.45) is 0 Å². The van der Waals surface area contributed by atoms with Crippen LogP contribution < -0.4 is 0 Å². The molecule has 0 heterocycles. The quantitative estimate of drug-likeness (QED) is 0.596. The standard InChI is InChI=1S/C7H10Br2O4/c8-3-5(4-9)13-7(12)2-1-6(10)11/h5H,1-4H2,(H,10,11). The molecule has 0 fully saturated rings. The van der Waals surface area contributed by atoms with E-state index in [0.29, 0.717) is 10.7 Å². The number of alkyl halides is 2. The van der Waals surface area contributed by atoms with E-state index < -0.39 is 11.9 Å². The number of hydrogen-bond acceptors (Lipinski definition) is 3. The lowest BCUT2D eigenvalue weighted by Crippen LogP contribution is -2.21. The van der Waals surface area contributed by atoms with Crippen molar-refractivity contribution < 1.29 is 19.4 Å². The van der Waals surface area contributed by atoms with Gasteiger partial charge in [0.25, 0.3) is 0 Å². The summed E-state index contributed by atoms with van der Waals surface area (Å²) in [6.45, 7) is 0. The number of ether oxygens (including phenoxy) is 1. The van der Waals surface area contributed by atoms with Crippen molar-refractivity contribution >= 4 is 43.8 Å². The summed E-state index contributed by atoms with van der Waals surface area (Å²) >= 11 is 6.32. The molecule has 1 N–H and O–H groups in total. The molecule has 0 radical (unpaired) electrons. The van der Waals surface area contributed by atoms with Crippen molar-refractivity contribution in [3.8, 4) is 0 Å². The van der Waals surface area contributed by atoms with E-state index in [1.807, 2.05) is 0 Å². The van der Waals surface area contributed by atoms with E-state index >= 15 is 0 Å². The maximum atomic E-state index is 10.9. The van der Waals surface area contributed by atoms with Crippen molar-refractivity contribution in [1.82, 2.24) is 0 Å². The van der Waals surface area contributed by atoms with Gasteiger partial charge in [0.05, 0.1) is 12.8 Å². The summed E-state index contributed by atoms with van der Waals surface area (Å²) in [7, 11) is 0. The molecule has 0 aromatic heterocycles. The molecule has 4 nitrogen and oxygen atoms in total. The van der Waals surface area contributed by atoms with Crippen LogP contribution in [0, 0.1) is 0 Å². The summed E-state index contributed by atoms with van der Waals surface area (Å²) in [6, 6.07) is 0. The second kappa shape index (κ2) is 7.32. The molecule has 0 aliphatic rings. The van der Waals surface area contributed by atoms with Crippen LogP contribution >= 0.6 is 31.9 Å². The second-order valence-corrected chi connectivity index (χ2v) is 3.61. The van der Waals surface area contributed by atoms with Crippen LogP contribution in [0.3, 0.4) is 0 Å². The third-order valence-electron chi connectivity index (χ3n) is 1.19. The van der Waals surface area contributed by atoms with Gasteiger partial charge in [-0.1, -0.05) is 31.9 Å². The minimum absolute atomic E-state index is 0.0775. The molecule has 0 saturated heterocycles. The molecule has 0 aliphatic heterocycles. The van der Waals surface area contributed by atoms with Crippen LogP contribution in [0.2, 0.25) is 0 Å². The van der Waals surface area contributed by atoms with Gasteiger partial charge in [0.1, 0.15) is 6.10 Å². The third kappa shape index (κ3) is 7.01. The highest BCUT2D eigenvalue weighted by atomic mass is 79.9.